The largest absolute Gasteiger partial charge is 0.370 e. The Morgan fingerprint density at radius 2 is 2.14 bits per heavy atom. The minimum absolute atomic E-state index is 0. The molecular weight excluding hydrogens is 489 g/mol. The van der Waals surface area contributed by atoms with E-state index in [1.165, 1.54) is 5.56 Å². The van der Waals surface area contributed by atoms with Crippen LogP contribution in [0.25, 0.3) is 0 Å². The number of benzene rings is 1. The van der Waals surface area contributed by atoms with Gasteiger partial charge in [0.25, 0.3) is 0 Å². The number of aliphatic imine (C=N–C) groups is 1. The first-order valence-electron chi connectivity index (χ1n) is 9.42. The number of aromatic nitrogens is 2. The normalized spacial score (nSPS) is 18.5. The third kappa shape index (κ3) is 5.84. The highest BCUT2D eigenvalue weighted by molar-refractivity contribution is 14.0. The van der Waals surface area contributed by atoms with Crippen LogP contribution >= 0.6 is 35.6 Å². The van der Waals surface area contributed by atoms with Crippen molar-refractivity contribution in [2.45, 2.75) is 25.4 Å². The molecule has 2 aromatic rings. The second-order valence-corrected chi connectivity index (χ2v) is 7.27. The van der Waals surface area contributed by atoms with E-state index < -0.39 is 0 Å². The van der Waals surface area contributed by atoms with Crippen LogP contribution in [-0.4, -0.2) is 53.9 Å². The van der Waals surface area contributed by atoms with Crippen LogP contribution in [0.1, 0.15) is 36.5 Å². The smallest absolute Gasteiger partial charge is 0.193 e. The lowest BCUT2D eigenvalue weighted by atomic mass is 9.96. The van der Waals surface area contributed by atoms with Crippen LogP contribution < -0.4 is 5.32 Å². The zero-order valence-corrected chi connectivity index (χ0v) is 19.7. The van der Waals surface area contributed by atoms with Crippen LogP contribution in [-0.2, 0) is 11.8 Å². The first-order chi connectivity index (χ1) is 13.1. The number of aryl methyl sites for hydroxylation is 1. The fourth-order valence-corrected chi connectivity index (χ4v) is 3.56. The van der Waals surface area contributed by atoms with Crippen molar-refractivity contribution >= 4 is 41.5 Å². The maximum atomic E-state index is 6.02. The molecule has 0 saturated carbocycles. The molecule has 2 heterocycles. The summed E-state index contributed by atoms with van der Waals surface area (Å²) in [6, 6.07) is 8.12. The van der Waals surface area contributed by atoms with E-state index >= 15 is 0 Å². The van der Waals surface area contributed by atoms with Gasteiger partial charge in [-0.2, -0.15) is 5.10 Å². The van der Waals surface area contributed by atoms with Crippen molar-refractivity contribution in [2.24, 2.45) is 12.0 Å². The van der Waals surface area contributed by atoms with E-state index in [2.05, 4.69) is 39.4 Å². The first-order valence-corrected chi connectivity index (χ1v) is 9.79. The number of halogens is 2. The molecule has 6 nitrogen and oxygen atoms in total. The Morgan fingerprint density at radius 3 is 2.75 bits per heavy atom. The second kappa shape index (κ2) is 11.0. The van der Waals surface area contributed by atoms with Crippen molar-refractivity contribution in [1.82, 2.24) is 20.0 Å². The van der Waals surface area contributed by atoms with Crippen LogP contribution in [0.3, 0.4) is 0 Å². The van der Waals surface area contributed by atoms with E-state index in [1.54, 1.807) is 0 Å². The van der Waals surface area contributed by atoms with Gasteiger partial charge < -0.3 is 15.0 Å². The molecule has 0 aliphatic carbocycles. The Balaban J connectivity index is 0.00000280. The lowest BCUT2D eigenvalue weighted by molar-refractivity contribution is -0.00804. The van der Waals surface area contributed by atoms with Crippen molar-refractivity contribution in [1.29, 1.82) is 0 Å². The van der Waals surface area contributed by atoms with Gasteiger partial charge in [0.1, 0.15) is 6.10 Å². The lowest BCUT2D eigenvalue weighted by Crippen LogP contribution is -2.48. The molecule has 0 bridgehead atoms. The van der Waals surface area contributed by atoms with E-state index in [0.29, 0.717) is 12.5 Å². The van der Waals surface area contributed by atoms with Gasteiger partial charge in [-0.3, -0.25) is 9.67 Å². The quantitative estimate of drug-likeness (QED) is 0.372. The summed E-state index contributed by atoms with van der Waals surface area (Å²) in [6.45, 7) is 5.31. The number of hydrogen-bond acceptors (Lipinski definition) is 3. The van der Waals surface area contributed by atoms with E-state index in [0.717, 1.165) is 42.6 Å². The third-order valence-corrected chi connectivity index (χ3v) is 5.27. The van der Waals surface area contributed by atoms with Crippen molar-refractivity contribution in [3.63, 3.8) is 0 Å². The molecule has 1 saturated heterocycles. The molecular formula is C20H29ClIN5O. The predicted molar refractivity (Wildman–Crippen MR) is 125 cm³/mol. The maximum absolute atomic E-state index is 6.02. The molecule has 1 fully saturated rings. The van der Waals surface area contributed by atoms with Gasteiger partial charge in [0.2, 0.25) is 0 Å². The van der Waals surface area contributed by atoms with E-state index in [1.807, 2.05) is 43.3 Å². The fourth-order valence-electron chi connectivity index (χ4n) is 3.43. The Kier molecular flexibility index (Phi) is 9.04. The summed E-state index contributed by atoms with van der Waals surface area (Å²) in [5.41, 5.74) is 2.39. The Bertz CT molecular complexity index is 764. The van der Waals surface area contributed by atoms with Crippen molar-refractivity contribution < 1.29 is 4.74 Å². The zero-order valence-electron chi connectivity index (χ0n) is 16.6. The van der Waals surface area contributed by atoms with Gasteiger partial charge in [-0.15, -0.1) is 24.0 Å². The molecule has 1 N–H and O–H groups in total. The second-order valence-electron chi connectivity index (χ2n) is 6.84. The van der Waals surface area contributed by atoms with Crippen molar-refractivity contribution in [3.8, 4) is 0 Å². The monoisotopic (exact) mass is 517 g/mol. The lowest BCUT2D eigenvalue weighted by Gasteiger charge is -2.35. The minimum atomic E-state index is 0. The third-order valence-electron chi connectivity index (χ3n) is 5.02. The molecule has 2 unspecified atom stereocenters. The van der Waals surface area contributed by atoms with Crippen LogP contribution in [0.15, 0.2) is 41.7 Å². The predicted octanol–water partition coefficient (Wildman–Crippen LogP) is 3.83. The van der Waals surface area contributed by atoms with Gasteiger partial charge in [-0.25, -0.2) is 0 Å². The van der Waals surface area contributed by atoms with Gasteiger partial charge in [0, 0.05) is 49.9 Å². The SMILES string of the molecule is CCC(CNC(=NC)N1CCOC(c2cnn(C)c2)C1)c1ccc(Cl)cc1.I. The van der Waals surface area contributed by atoms with Gasteiger partial charge in [0.05, 0.1) is 19.3 Å². The zero-order chi connectivity index (χ0) is 19.2. The fraction of sp³-hybridized carbons (Fsp3) is 0.500. The van der Waals surface area contributed by atoms with E-state index in [9.17, 15) is 0 Å². The Morgan fingerprint density at radius 1 is 1.39 bits per heavy atom. The highest BCUT2D eigenvalue weighted by Gasteiger charge is 2.25. The summed E-state index contributed by atoms with van der Waals surface area (Å²) in [5, 5.41) is 8.57. The average molecular weight is 518 g/mol. The molecule has 2 atom stereocenters. The highest BCUT2D eigenvalue weighted by Crippen LogP contribution is 2.23. The van der Waals surface area contributed by atoms with Crippen molar-refractivity contribution in [3.05, 3.63) is 52.8 Å². The number of rotatable bonds is 5. The molecule has 0 spiro atoms. The maximum Gasteiger partial charge on any atom is 0.193 e. The summed E-state index contributed by atoms with van der Waals surface area (Å²) in [6.07, 6.45) is 4.95. The molecule has 1 aromatic carbocycles. The standard InChI is InChI=1S/C20H28ClN5O.HI/c1-4-15(16-5-7-18(21)8-6-16)11-23-20(22-2)26-9-10-27-19(14-26)17-12-24-25(3)13-17;/h5-8,12-13,15,19H,4,9-11,14H2,1-3H3,(H,22,23);1H. The van der Waals surface area contributed by atoms with Gasteiger partial charge in [-0.05, 0) is 24.1 Å². The van der Waals surface area contributed by atoms with Crippen LogP contribution in [0.4, 0.5) is 0 Å². The summed E-state index contributed by atoms with van der Waals surface area (Å²) in [5.74, 6) is 1.33. The minimum Gasteiger partial charge on any atom is -0.370 e. The molecule has 28 heavy (non-hydrogen) atoms. The Labute approximate surface area is 189 Å². The average Bonchev–Trinajstić information content (AvgIpc) is 3.13. The summed E-state index contributed by atoms with van der Waals surface area (Å²) in [4.78, 5) is 6.75. The molecule has 1 aliphatic heterocycles. The molecule has 0 radical (unpaired) electrons. The molecule has 1 aliphatic rings. The number of nitrogens with zero attached hydrogens (tertiary/aromatic N) is 4. The molecule has 3 rings (SSSR count). The molecule has 154 valence electrons. The molecule has 1 aromatic heterocycles. The summed E-state index contributed by atoms with van der Waals surface area (Å²) in [7, 11) is 3.76. The van der Waals surface area contributed by atoms with Crippen LogP contribution in [0.2, 0.25) is 5.02 Å². The van der Waals surface area contributed by atoms with Gasteiger partial charge >= 0.3 is 0 Å². The van der Waals surface area contributed by atoms with E-state index in [4.69, 9.17) is 16.3 Å². The first kappa shape index (κ1) is 23.0. The summed E-state index contributed by atoms with van der Waals surface area (Å²) < 4.78 is 7.75. The van der Waals surface area contributed by atoms with Gasteiger partial charge in [-0.1, -0.05) is 30.7 Å². The van der Waals surface area contributed by atoms with Crippen LogP contribution in [0, 0.1) is 0 Å². The Hall–Kier alpha value is -1.32. The number of nitrogens with one attached hydrogen (secondary N) is 1. The number of ether oxygens (including phenoxy) is 1. The topological polar surface area (TPSA) is 54.7 Å². The number of hydrogen-bond donors (Lipinski definition) is 1. The summed E-state index contributed by atoms with van der Waals surface area (Å²) >= 11 is 6.02. The highest BCUT2D eigenvalue weighted by atomic mass is 127. The van der Waals surface area contributed by atoms with Crippen molar-refractivity contribution in [2.75, 3.05) is 33.3 Å². The molecule has 8 heteroatoms. The number of morpholine rings is 1. The van der Waals surface area contributed by atoms with Crippen LogP contribution in [0.5, 0.6) is 0 Å². The molecule has 0 amide bonds. The van der Waals surface area contributed by atoms with Gasteiger partial charge in [0.15, 0.2) is 5.96 Å². The number of guanidine groups is 1. The van der Waals surface area contributed by atoms with E-state index in [-0.39, 0.29) is 30.1 Å².